The second-order valence-electron chi connectivity index (χ2n) is 5.94. The van der Waals surface area contributed by atoms with E-state index in [0.717, 1.165) is 17.7 Å². The zero-order chi connectivity index (χ0) is 19.2. The summed E-state index contributed by atoms with van der Waals surface area (Å²) in [5, 5.41) is 10.4. The van der Waals surface area contributed by atoms with E-state index in [1.807, 2.05) is 0 Å². The van der Waals surface area contributed by atoms with Gasteiger partial charge in [-0.1, -0.05) is 0 Å². The Morgan fingerprint density at radius 2 is 1.69 bits per heavy atom. The molecule has 0 saturated heterocycles. The molecule has 0 aliphatic carbocycles. The van der Waals surface area contributed by atoms with E-state index in [1.54, 1.807) is 25.1 Å². The molecule has 134 valence electrons. The zero-order valence-electron chi connectivity index (χ0n) is 13.7. The Kier molecular flexibility index (Phi) is 4.09. The first kappa shape index (κ1) is 17.7. The molecule has 0 bridgehead atoms. The SMILES string of the molecule is Cc1cc(C(=O)c2ccc3c(O)cc(S(=O)(=O)O)cc3c2N)ccc1N. The standard InChI is InChI=1S/C18H16N2O5S/c1-9-6-10(2-5-15(9)19)18(22)13-4-3-12-14(17(13)20)7-11(8-16(12)21)26(23,24)25/h2-8,21H,19-20H2,1H3,(H,23,24,25). The summed E-state index contributed by atoms with van der Waals surface area (Å²) in [5.74, 6) is -0.742. The van der Waals surface area contributed by atoms with Crippen LogP contribution in [0.5, 0.6) is 5.75 Å². The quantitative estimate of drug-likeness (QED) is 0.314. The number of benzene rings is 3. The van der Waals surface area contributed by atoms with Crippen molar-refractivity contribution in [1.29, 1.82) is 0 Å². The van der Waals surface area contributed by atoms with E-state index in [1.165, 1.54) is 12.1 Å². The van der Waals surface area contributed by atoms with Crippen LogP contribution in [0.2, 0.25) is 0 Å². The molecule has 0 radical (unpaired) electrons. The number of anilines is 2. The molecule has 0 saturated carbocycles. The number of phenolic OH excluding ortho intramolecular Hbond substituents is 1. The minimum Gasteiger partial charge on any atom is -0.507 e. The summed E-state index contributed by atoms with van der Waals surface area (Å²) in [4.78, 5) is 12.3. The first-order chi connectivity index (χ1) is 12.1. The molecule has 0 fully saturated rings. The summed E-state index contributed by atoms with van der Waals surface area (Å²) < 4.78 is 32.0. The van der Waals surface area contributed by atoms with E-state index >= 15 is 0 Å². The van der Waals surface area contributed by atoms with Crippen LogP contribution in [-0.4, -0.2) is 23.9 Å². The molecule has 0 atom stereocenters. The number of nitrogen functional groups attached to an aromatic ring is 2. The van der Waals surface area contributed by atoms with Crippen molar-refractivity contribution < 1.29 is 22.9 Å². The normalized spacial score (nSPS) is 11.6. The molecule has 0 spiro atoms. The number of hydrogen-bond donors (Lipinski definition) is 4. The van der Waals surface area contributed by atoms with Crippen LogP contribution in [0.4, 0.5) is 11.4 Å². The van der Waals surface area contributed by atoms with Gasteiger partial charge in [-0.3, -0.25) is 9.35 Å². The largest absolute Gasteiger partial charge is 0.507 e. The highest BCUT2D eigenvalue weighted by molar-refractivity contribution is 7.85. The first-order valence-corrected chi connectivity index (χ1v) is 8.97. The molecule has 0 aromatic heterocycles. The van der Waals surface area contributed by atoms with Crippen LogP contribution in [0.3, 0.4) is 0 Å². The first-order valence-electron chi connectivity index (χ1n) is 7.53. The van der Waals surface area contributed by atoms with Crippen LogP contribution in [0, 0.1) is 6.92 Å². The lowest BCUT2D eigenvalue weighted by molar-refractivity contribution is 0.103. The summed E-state index contributed by atoms with van der Waals surface area (Å²) in [6, 6.07) is 9.77. The number of fused-ring (bicyclic) bond motifs is 1. The molecule has 3 aromatic rings. The lowest BCUT2D eigenvalue weighted by atomic mass is 9.96. The van der Waals surface area contributed by atoms with Crippen molar-refractivity contribution in [2.45, 2.75) is 11.8 Å². The van der Waals surface area contributed by atoms with Gasteiger partial charge in [0.05, 0.1) is 10.6 Å². The third-order valence-electron chi connectivity index (χ3n) is 4.20. The van der Waals surface area contributed by atoms with E-state index in [0.29, 0.717) is 11.3 Å². The van der Waals surface area contributed by atoms with Gasteiger partial charge in [-0.15, -0.1) is 0 Å². The molecule has 8 heteroatoms. The maximum Gasteiger partial charge on any atom is 0.294 e. The van der Waals surface area contributed by atoms with Gasteiger partial charge in [0.2, 0.25) is 0 Å². The van der Waals surface area contributed by atoms with Crippen LogP contribution in [0.25, 0.3) is 10.8 Å². The van der Waals surface area contributed by atoms with Crippen LogP contribution >= 0.6 is 0 Å². The lowest BCUT2D eigenvalue weighted by Crippen LogP contribution is -2.07. The van der Waals surface area contributed by atoms with Crippen molar-refractivity contribution in [2.24, 2.45) is 0 Å². The van der Waals surface area contributed by atoms with Gasteiger partial charge in [0.25, 0.3) is 10.1 Å². The van der Waals surface area contributed by atoms with E-state index in [2.05, 4.69) is 0 Å². The molecule has 0 aliphatic rings. The van der Waals surface area contributed by atoms with Crippen LogP contribution in [-0.2, 0) is 10.1 Å². The molecule has 0 unspecified atom stereocenters. The summed E-state index contributed by atoms with van der Waals surface area (Å²) in [7, 11) is -4.54. The second kappa shape index (κ2) is 6.01. The second-order valence-corrected chi connectivity index (χ2v) is 7.36. The number of hydrogen-bond acceptors (Lipinski definition) is 6. The fourth-order valence-electron chi connectivity index (χ4n) is 2.73. The highest BCUT2D eigenvalue weighted by Crippen LogP contribution is 2.34. The highest BCUT2D eigenvalue weighted by Gasteiger charge is 2.19. The molecule has 26 heavy (non-hydrogen) atoms. The van der Waals surface area contributed by atoms with Crippen LogP contribution < -0.4 is 11.5 Å². The average molecular weight is 372 g/mol. The van der Waals surface area contributed by atoms with Gasteiger partial charge in [-0.25, -0.2) is 0 Å². The average Bonchev–Trinajstić information content (AvgIpc) is 2.56. The number of aryl methyl sites for hydroxylation is 1. The fraction of sp³-hybridized carbons (Fsp3) is 0.0556. The maximum atomic E-state index is 12.8. The van der Waals surface area contributed by atoms with Crippen molar-refractivity contribution >= 4 is 38.0 Å². The maximum absolute atomic E-state index is 12.8. The smallest absolute Gasteiger partial charge is 0.294 e. The van der Waals surface area contributed by atoms with Crippen molar-refractivity contribution in [2.75, 3.05) is 11.5 Å². The number of nitrogens with two attached hydrogens (primary N) is 2. The Morgan fingerprint density at radius 1 is 1.00 bits per heavy atom. The van der Waals surface area contributed by atoms with Gasteiger partial charge in [0.1, 0.15) is 5.75 Å². The van der Waals surface area contributed by atoms with Gasteiger partial charge in [0.15, 0.2) is 5.78 Å². The van der Waals surface area contributed by atoms with E-state index in [9.17, 15) is 22.9 Å². The molecule has 6 N–H and O–H groups in total. The molecular weight excluding hydrogens is 356 g/mol. The predicted molar refractivity (Wildman–Crippen MR) is 98.9 cm³/mol. The minimum atomic E-state index is -4.54. The Hall–Kier alpha value is -3.10. The van der Waals surface area contributed by atoms with Gasteiger partial charge >= 0.3 is 0 Å². The third kappa shape index (κ3) is 2.96. The van der Waals surface area contributed by atoms with Crippen LogP contribution in [0.15, 0.2) is 47.4 Å². The monoisotopic (exact) mass is 372 g/mol. The molecule has 0 heterocycles. The van der Waals surface area contributed by atoms with Crippen molar-refractivity contribution in [3.05, 3.63) is 59.2 Å². The molecular formula is C18H16N2O5S. The number of carbonyl (C=O) groups excluding carboxylic acids is 1. The van der Waals surface area contributed by atoms with Gasteiger partial charge in [-0.05, 0) is 48.9 Å². The molecule has 0 amide bonds. The Balaban J connectivity index is 2.23. The number of aromatic hydroxyl groups is 1. The predicted octanol–water partition coefficient (Wildman–Crippen LogP) is 2.50. The third-order valence-corrected chi connectivity index (χ3v) is 5.03. The molecule has 7 nitrogen and oxygen atoms in total. The zero-order valence-corrected chi connectivity index (χ0v) is 14.5. The van der Waals surface area contributed by atoms with Crippen molar-refractivity contribution in [3.63, 3.8) is 0 Å². The Bertz CT molecular complexity index is 1170. The van der Waals surface area contributed by atoms with Gasteiger partial charge < -0.3 is 16.6 Å². The highest BCUT2D eigenvalue weighted by atomic mass is 32.2. The number of ketones is 1. The lowest BCUT2D eigenvalue weighted by Gasteiger charge is -2.11. The van der Waals surface area contributed by atoms with Gasteiger partial charge in [-0.2, -0.15) is 8.42 Å². The van der Waals surface area contributed by atoms with Crippen molar-refractivity contribution in [1.82, 2.24) is 0 Å². The fourth-order valence-corrected chi connectivity index (χ4v) is 3.26. The number of carbonyl (C=O) groups is 1. The number of rotatable bonds is 3. The topological polar surface area (TPSA) is 144 Å². The summed E-state index contributed by atoms with van der Waals surface area (Å²) in [6.07, 6.45) is 0. The Morgan fingerprint density at radius 3 is 2.31 bits per heavy atom. The number of phenols is 1. The molecule has 3 aromatic carbocycles. The summed E-state index contributed by atoms with van der Waals surface area (Å²) in [6.45, 7) is 1.77. The van der Waals surface area contributed by atoms with Crippen LogP contribution in [0.1, 0.15) is 21.5 Å². The summed E-state index contributed by atoms with van der Waals surface area (Å²) >= 11 is 0. The molecule has 3 rings (SSSR count). The van der Waals surface area contributed by atoms with E-state index in [-0.39, 0.29) is 33.6 Å². The molecule has 0 aliphatic heterocycles. The summed E-state index contributed by atoms with van der Waals surface area (Å²) in [5.41, 5.74) is 13.6. The minimum absolute atomic E-state index is 0.00257. The van der Waals surface area contributed by atoms with E-state index in [4.69, 9.17) is 11.5 Å². The van der Waals surface area contributed by atoms with Crippen molar-refractivity contribution in [3.8, 4) is 5.75 Å². The Labute approximate surface area is 149 Å². The van der Waals surface area contributed by atoms with Gasteiger partial charge in [0, 0.05) is 33.7 Å². The van der Waals surface area contributed by atoms with E-state index < -0.39 is 15.0 Å².